The Bertz CT molecular complexity index is 541. The minimum atomic E-state index is -4.55. The fraction of sp³-hybridized carbons (Fsp3) is 0.667. The van der Waals surface area contributed by atoms with E-state index in [1.165, 1.54) is 6.07 Å². The van der Waals surface area contributed by atoms with Crippen LogP contribution < -0.4 is 5.32 Å². The summed E-state index contributed by atoms with van der Waals surface area (Å²) in [5, 5.41) is 2.94. The van der Waals surface area contributed by atoms with E-state index >= 15 is 0 Å². The highest BCUT2D eigenvalue weighted by atomic mass is 32.2. The molecule has 0 aliphatic rings. The zero-order valence-corrected chi connectivity index (χ0v) is 13.5. The summed E-state index contributed by atoms with van der Waals surface area (Å²) in [5.74, 6) is 0. The third-order valence-corrected chi connectivity index (χ3v) is 6.14. The minimum Gasteiger partial charge on any atom is -0.319 e. The number of hydrogen-bond acceptors (Lipinski definition) is 4. The molecular weight excluding hydrogens is 325 g/mol. The van der Waals surface area contributed by atoms with Crippen molar-refractivity contribution in [3.05, 3.63) is 17.0 Å². The normalized spacial score (nSPS) is 13.0. The first-order chi connectivity index (χ1) is 9.70. The first kappa shape index (κ1) is 18.4. The molecule has 122 valence electrons. The van der Waals surface area contributed by atoms with E-state index in [1.54, 1.807) is 20.0 Å². The van der Waals surface area contributed by atoms with Crippen molar-refractivity contribution >= 4 is 21.4 Å². The summed E-state index contributed by atoms with van der Waals surface area (Å²) in [6.07, 6.45) is -3.58. The molecule has 0 aliphatic carbocycles. The predicted molar refractivity (Wildman–Crippen MR) is 77.1 cm³/mol. The SMILES string of the molecule is CCCN(CC(F)(F)F)S(=O)(=O)c1ccc(CCNC)s1. The van der Waals surface area contributed by atoms with Gasteiger partial charge in [0.1, 0.15) is 10.8 Å². The van der Waals surface area contributed by atoms with Crippen LogP contribution in [0.15, 0.2) is 16.3 Å². The Labute approximate surface area is 127 Å². The lowest BCUT2D eigenvalue weighted by Gasteiger charge is -2.21. The average Bonchev–Trinajstić information content (AvgIpc) is 2.83. The third kappa shape index (κ3) is 5.57. The Balaban J connectivity index is 2.97. The van der Waals surface area contributed by atoms with Gasteiger partial charge in [-0.25, -0.2) is 8.42 Å². The van der Waals surface area contributed by atoms with Crippen LogP contribution in [0.2, 0.25) is 0 Å². The number of likely N-dealkylation sites (N-methyl/N-ethyl adjacent to an activating group) is 1. The monoisotopic (exact) mass is 344 g/mol. The molecule has 0 saturated heterocycles. The first-order valence-electron chi connectivity index (χ1n) is 6.51. The summed E-state index contributed by atoms with van der Waals surface area (Å²) in [4.78, 5) is 0.825. The van der Waals surface area contributed by atoms with Crippen LogP contribution in [-0.4, -0.2) is 45.6 Å². The van der Waals surface area contributed by atoms with E-state index in [0.717, 1.165) is 16.2 Å². The highest BCUT2D eigenvalue weighted by molar-refractivity contribution is 7.91. The molecule has 1 N–H and O–H groups in total. The Kier molecular flexibility index (Phi) is 6.64. The first-order valence-corrected chi connectivity index (χ1v) is 8.76. The van der Waals surface area contributed by atoms with Crippen molar-refractivity contribution in [1.29, 1.82) is 0 Å². The largest absolute Gasteiger partial charge is 0.402 e. The number of nitrogens with one attached hydrogen (secondary N) is 1. The van der Waals surface area contributed by atoms with Gasteiger partial charge in [0.05, 0.1) is 0 Å². The van der Waals surface area contributed by atoms with Crippen molar-refractivity contribution in [2.45, 2.75) is 30.2 Å². The molecule has 0 spiro atoms. The van der Waals surface area contributed by atoms with Crippen LogP contribution in [0.1, 0.15) is 18.2 Å². The van der Waals surface area contributed by atoms with Gasteiger partial charge in [-0.05, 0) is 38.6 Å². The van der Waals surface area contributed by atoms with E-state index in [1.807, 2.05) is 0 Å². The lowest BCUT2D eigenvalue weighted by molar-refractivity contribution is -0.136. The van der Waals surface area contributed by atoms with Gasteiger partial charge in [0.25, 0.3) is 10.0 Å². The predicted octanol–water partition coefficient (Wildman–Crippen LogP) is 2.47. The topological polar surface area (TPSA) is 49.4 Å². The van der Waals surface area contributed by atoms with E-state index in [-0.39, 0.29) is 10.8 Å². The average molecular weight is 344 g/mol. The van der Waals surface area contributed by atoms with Crippen molar-refractivity contribution in [3.8, 4) is 0 Å². The number of sulfonamides is 1. The number of alkyl halides is 3. The van der Waals surface area contributed by atoms with E-state index in [9.17, 15) is 21.6 Å². The van der Waals surface area contributed by atoms with Crippen molar-refractivity contribution in [2.24, 2.45) is 0 Å². The highest BCUT2D eigenvalue weighted by Crippen LogP contribution is 2.28. The van der Waals surface area contributed by atoms with E-state index in [0.29, 0.717) is 23.7 Å². The zero-order chi connectivity index (χ0) is 16.1. The summed E-state index contributed by atoms with van der Waals surface area (Å²) in [7, 11) is -2.31. The molecule has 1 aromatic heterocycles. The van der Waals surface area contributed by atoms with Crippen LogP contribution >= 0.6 is 11.3 Å². The van der Waals surface area contributed by atoms with Gasteiger partial charge in [-0.3, -0.25) is 0 Å². The van der Waals surface area contributed by atoms with Gasteiger partial charge < -0.3 is 5.32 Å². The van der Waals surface area contributed by atoms with Gasteiger partial charge in [0.2, 0.25) is 0 Å². The smallest absolute Gasteiger partial charge is 0.319 e. The second kappa shape index (κ2) is 7.57. The molecule has 0 atom stereocenters. The molecule has 0 amide bonds. The molecule has 0 bridgehead atoms. The molecule has 1 aromatic rings. The maximum atomic E-state index is 12.5. The molecule has 1 heterocycles. The Hall–Kier alpha value is -0.640. The van der Waals surface area contributed by atoms with Gasteiger partial charge in [-0.15, -0.1) is 11.3 Å². The second-order valence-electron chi connectivity index (χ2n) is 4.53. The molecule has 1 rings (SSSR count). The molecule has 21 heavy (non-hydrogen) atoms. The number of thiophene rings is 1. The Morgan fingerprint density at radius 3 is 2.52 bits per heavy atom. The van der Waals surface area contributed by atoms with E-state index < -0.39 is 22.7 Å². The number of hydrogen-bond donors (Lipinski definition) is 1. The second-order valence-corrected chi connectivity index (χ2v) is 7.86. The van der Waals surface area contributed by atoms with Crippen LogP contribution in [0.25, 0.3) is 0 Å². The van der Waals surface area contributed by atoms with Gasteiger partial charge in [-0.1, -0.05) is 6.92 Å². The van der Waals surface area contributed by atoms with Gasteiger partial charge in [0, 0.05) is 11.4 Å². The van der Waals surface area contributed by atoms with Gasteiger partial charge in [0.15, 0.2) is 0 Å². The van der Waals surface area contributed by atoms with Crippen molar-refractivity contribution in [2.75, 3.05) is 26.7 Å². The van der Waals surface area contributed by atoms with Crippen molar-refractivity contribution in [1.82, 2.24) is 9.62 Å². The molecule has 0 unspecified atom stereocenters. The minimum absolute atomic E-state index is 0.0358. The molecule has 0 fully saturated rings. The molecule has 4 nitrogen and oxygen atoms in total. The third-order valence-electron chi connectivity index (χ3n) is 2.68. The Morgan fingerprint density at radius 1 is 1.33 bits per heavy atom. The van der Waals surface area contributed by atoms with Gasteiger partial charge in [-0.2, -0.15) is 17.5 Å². The summed E-state index contributed by atoms with van der Waals surface area (Å²) in [6.45, 7) is 0.728. The van der Waals surface area contributed by atoms with Crippen molar-refractivity contribution in [3.63, 3.8) is 0 Å². The lowest BCUT2D eigenvalue weighted by atomic mass is 10.3. The molecule has 0 aromatic carbocycles. The van der Waals surface area contributed by atoms with Crippen LogP contribution in [-0.2, 0) is 16.4 Å². The summed E-state index contributed by atoms with van der Waals surface area (Å²) in [6, 6.07) is 3.02. The quantitative estimate of drug-likeness (QED) is 0.788. The molecule has 0 radical (unpaired) electrons. The summed E-state index contributed by atoms with van der Waals surface area (Å²) in [5.41, 5.74) is 0. The number of halogens is 3. The van der Waals surface area contributed by atoms with Crippen LogP contribution in [0.4, 0.5) is 13.2 Å². The molecule has 0 saturated carbocycles. The lowest BCUT2D eigenvalue weighted by Crippen LogP contribution is -2.39. The summed E-state index contributed by atoms with van der Waals surface area (Å²) >= 11 is 1.02. The van der Waals surface area contributed by atoms with E-state index in [2.05, 4.69) is 5.32 Å². The van der Waals surface area contributed by atoms with Crippen molar-refractivity contribution < 1.29 is 21.6 Å². The van der Waals surface area contributed by atoms with Crippen LogP contribution in [0.3, 0.4) is 0 Å². The van der Waals surface area contributed by atoms with Crippen LogP contribution in [0.5, 0.6) is 0 Å². The maximum absolute atomic E-state index is 12.5. The fourth-order valence-electron chi connectivity index (χ4n) is 1.74. The number of nitrogens with zero attached hydrogens (tertiary/aromatic N) is 1. The highest BCUT2D eigenvalue weighted by Gasteiger charge is 2.37. The van der Waals surface area contributed by atoms with E-state index in [4.69, 9.17) is 0 Å². The zero-order valence-electron chi connectivity index (χ0n) is 11.9. The van der Waals surface area contributed by atoms with Crippen LogP contribution in [0, 0.1) is 0 Å². The Morgan fingerprint density at radius 2 is 2.00 bits per heavy atom. The maximum Gasteiger partial charge on any atom is 0.402 e. The molecule has 0 aliphatic heterocycles. The number of rotatable bonds is 8. The molecular formula is C12H19F3N2O2S2. The molecule has 9 heteroatoms. The van der Waals surface area contributed by atoms with Gasteiger partial charge >= 0.3 is 6.18 Å². The standard InChI is InChI=1S/C12H19F3N2O2S2/c1-3-8-17(9-12(13,14)15)21(18,19)11-5-4-10(20-11)6-7-16-2/h4-5,16H,3,6-9H2,1-2H3. The fourth-order valence-corrected chi connectivity index (χ4v) is 4.77. The summed E-state index contributed by atoms with van der Waals surface area (Å²) < 4.78 is 62.7.